The SMILES string of the molecule is CC(=O)c1ncccc1OCCCCCCCC(=O)I. The van der Waals surface area contributed by atoms with Crippen LogP contribution in [0.25, 0.3) is 0 Å². The summed E-state index contributed by atoms with van der Waals surface area (Å²) in [4.78, 5) is 26.1. The van der Waals surface area contributed by atoms with Crippen LogP contribution in [0.3, 0.4) is 0 Å². The topological polar surface area (TPSA) is 56.3 Å². The van der Waals surface area contributed by atoms with E-state index in [2.05, 4.69) is 4.98 Å². The molecule has 0 fully saturated rings. The number of nitrogens with zero attached hydrogens (tertiary/aromatic N) is 1. The van der Waals surface area contributed by atoms with E-state index in [9.17, 15) is 9.59 Å². The third-order valence-electron chi connectivity index (χ3n) is 2.88. The molecule has 5 heteroatoms. The summed E-state index contributed by atoms with van der Waals surface area (Å²) in [6, 6.07) is 3.54. The largest absolute Gasteiger partial charge is 0.491 e. The Balaban J connectivity index is 2.15. The van der Waals surface area contributed by atoms with Gasteiger partial charge in [0.25, 0.3) is 0 Å². The van der Waals surface area contributed by atoms with Crippen molar-refractivity contribution in [1.82, 2.24) is 4.98 Å². The summed E-state index contributed by atoms with van der Waals surface area (Å²) >= 11 is 1.84. The fourth-order valence-corrected chi connectivity index (χ4v) is 2.23. The van der Waals surface area contributed by atoms with Crippen molar-refractivity contribution in [2.75, 3.05) is 6.61 Å². The van der Waals surface area contributed by atoms with Crippen LogP contribution in [0, 0.1) is 0 Å². The van der Waals surface area contributed by atoms with E-state index in [1.54, 1.807) is 18.3 Å². The van der Waals surface area contributed by atoms with Crippen molar-refractivity contribution in [3.63, 3.8) is 0 Å². The zero-order valence-corrected chi connectivity index (χ0v) is 13.9. The lowest BCUT2D eigenvalue weighted by atomic mass is 10.1. The van der Waals surface area contributed by atoms with Crippen molar-refractivity contribution in [1.29, 1.82) is 0 Å². The van der Waals surface area contributed by atoms with Crippen LogP contribution in [0.2, 0.25) is 0 Å². The van der Waals surface area contributed by atoms with Gasteiger partial charge in [0.2, 0.25) is 0 Å². The highest BCUT2D eigenvalue weighted by Gasteiger charge is 2.08. The molecule has 1 aromatic rings. The van der Waals surface area contributed by atoms with Gasteiger partial charge in [-0.15, -0.1) is 0 Å². The maximum Gasteiger partial charge on any atom is 0.192 e. The van der Waals surface area contributed by atoms with Gasteiger partial charge in [-0.2, -0.15) is 0 Å². The molecule has 0 bridgehead atoms. The van der Waals surface area contributed by atoms with Crippen LogP contribution in [0.1, 0.15) is 55.9 Å². The zero-order chi connectivity index (χ0) is 14.8. The second-order valence-corrected chi connectivity index (χ2v) is 5.83. The highest BCUT2D eigenvalue weighted by Crippen LogP contribution is 2.16. The summed E-state index contributed by atoms with van der Waals surface area (Å²) in [7, 11) is 0. The molecule has 0 aliphatic carbocycles. The van der Waals surface area contributed by atoms with Crippen molar-refractivity contribution in [2.24, 2.45) is 0 Å². The summed E-state index contributed by atoms with van der Waals surface area (Å²) in [6.45, 7) is 2.08. The number of halogens is 1. The molecule has 0 saturated heterocycles. The summed E-state index contributed by atoms with van der Waals surface area (Å²) < 4.78 is 5.84. The second-order valence-electron chi connectivity index (χ2n) is 4.63. The van der Waals surface area contributed by atoms with Gasteiger partial charge >= 0.3 is 0 Å². The second kappa shape index (κ2) is 9.85. The summed E-state index contributed by atoms with van der Waals surface area (Å²) in [6.07, 6.45) is 7.46. The standard InChI is InChI=1S/C15H20INO3/c1-12(18)15-13(8-7-10-17-15)20-11-6-4-2-3-5-9-14(16)19/h7-8,10H,2-6,9,11H2,1H3. The van der Waals surface area contributed by atoms with Crippen molar-refractivity contribution in [3.05, 3.63) is 24.0 Å². The minimum atomic E-state index is -0.0796. The van der Waals surface area contributed by atoms with E-state index < -0.39 is 0 Å². The van der Waals surface area contributed by atoms with Gasteiger partial charge in [-0.25, -0.2) is 4.98 Å². The lowest BCUT2D eigenvalue weighted by Gasteiger charge is -2.08. The Hall–Kier alpha value is -0.980. The molecule has 0 aliphatic heterocycles. The molecule has 0 N–H and O–H groups in total. The molecule has 0 spiro atoms. The Kier molecular flexibility index (Phi) is 8.41. The quantitative estimate of drug-likeness (QED) is 0.263. The van der Waals surface area contributed by atoms with E-state index in [1.165, 1.54) is 6.92 Å². The first-order valence-electron chi connectivity index (χ1n) is 6.88. The first-order chi connectivity index (χ1) is 9.61. The predicted octanol–water partition coefficient (Wildman–Crippen LogP) is 3.97. The van der Waals surface area contributed by atoms with Crippen LogP contribution in [0.15, 0.2) is 18.3 Å². The smallest absolute Gasteiger partial charge is 0.192 e. The first-order valence-corrected chi connectivity index (χ1v) is 7.96. The number of unbranched alkanes of at least 4 members (excludes halogenated alkanes) is 4. The normalized spacial score (nSPS) is 10.3. The fourth-order valence-electron chi connectivity index (χ4n) is 1.85. The molecular formula is C15H20INO3. The number of pyridine rings is 1. The van der Waals surface area contributed by atoms with Crippen LogP contribution in [-0.4, -0.2) is 21.2 Å². The maximum atomic E-state index is 11.4. The summed E-state index contributed by atoms with van der Waals surface area (Å²) in [5.41, 5.74) is 0.396. The van der Waals surface area contributed by atoms with Crippen LogP contribution in [-0.2, 0) is 4.79 Å². The average Bonchev–Trinajstić information content (AvgIpc) is 2.41. The van der Waals surface area contributed by atoms with Gasteiger partial charge < -0.3 is 4.74 Å². The van der Waals surface area contributed by atoms with E-state index in [0.717, 1.165) is 32.1 Å². The molecule has 0 atom stereocenters. The predicted molar refractivity (Wildman–Crippen MR) is 86.5 cm³/mol. The van der Waals surface area contributed by atoms with Gasteiger partial charge in [0.1, 0.15) is 11.4 Å². The van der Waals surface area contributed by atoms with Crippen LogP contribution < -0.4 is 4.74 Å². The average molecular weight is 389 g/mol. The Morgan fingerprint density at radius 2 is 1.90 bits per heavy atom. The Bertz CT molecular complexity index is 448. The van der Waals surface area contributed by atoms with Crippen molar-refractivity contribution >= 4 is 32.2 Å². The third kappa shape index (κ3) is 6.98. The number of ether oxygens (including phenoxy) is 1. The number of ketones is 1. The lowest BCUT2D eigenvalue weighted by Crippen LogP contribution is -2.04. The molecule has 1 rings (SSSR count). The maximum absolute atomic E-state index is 11.4. The molecule has 20 heavy (non-hydrogen) atoms. The van der Waals surface area contributed by atoms with E-state index in [1.807, 2.05) is 22.6 Å². The summed E-state index contributed by atoms with van der Waals surface area (Å²) in [5.74, 6) is 0.486. The lowest BCUT2D eigenvalue weighted by molar-refractivity contribution is -0.109. The number of rotatable bonds is 10. The van der Waals surface area contributed by atoms with Crippen molar-refractivity contribution < 1.29 is 14.3 Å². The Morgan fingerprint density at radius 3 is 2.60 bits per heavy atom. The molecule has 1 heterocycles. The number of carbonyl (C=O) groups is 2. The van der Waals surface area contributed by atoms with Gasteiger partial charge in [0, 0.05) is 19.5 Å². The molecule has 110 valence electrons. The molecule has 0 aliphatic rings. The zero-order valence-electron chi connectivity index (χ0n) is 11.7. The number of hydrogen-bond donors (Lipinski definition) is 0. The number of aromatic nitrogens is 1. The minimum Gasteiger partial charge on any atom is -0.491 e. The van der Waals surface area contributed by atoms with E-state index in [4.69, 9.17) is 4.74 Å². The van der Waals surface area contributed by atoms with Gasteiger partial charge in [0.15, 0.2) is 9.57 Å². The van der Waals surface area contributed by atoms with E-state index >= 15 is 0 Å². The first kappa shape index (κ1) is 17.1. The van der Waals surface area contributed by atoms with Gasteiger partial charge in [-0.3, -0.25) is 9.59 Å². The fraction of sp³-hybridized carbons (Fsp3) is 0.533. The van der Waals surface area contributed by atoms with Gasteiger partial charge in [0.05, 0.1) is 6.61 Å². The highest BCUT2D eigenvalue weighted by atomic mass is 127. The number of Topliss-reactive ketones (excluding diaryl/α,β-unsaturated/α-hetero) is 1. The van der Waals surface area contributed by atoms with E-state index in [0.29, 0.717) is 24.5 Å². The van der Waals surface area contributed by atoms with Gasteiger partial charge in [-0.1, -0.05) is 19.3 Å². The number of carbonyl (C=O) groups excluding carboxylic acids is 2. The minimum absolute atomic E-state index is 0.0796. The monoisotopic (exact) mass is 389 g/mol. The highest BCUT2D eigenvalue weighted by molar-refractivity contribution is 14.1. The molecular weight excluding hydrogens is 369 g/mol. The summed E-state index contributed by atoms with van der Waals surface area (Å²) in [5, 5.41) is 0. The van der Waals surface area contributed by atoms with Gasteiger partial charge in [-0.05, 0) is 47.6 Å². The molecule has 1 aromatic heterocycles. The Morgan fingerprint density at radius 1 is 1.20 bits per heavy atom. The molecule has 0 unspecified atom stereocenters. The molecule has 0 amide bonds. The Labute approximate surface area is 133 Å². The van der Waals surface area contributed by atoms with Crippen LogP contribution >= 0.6 is 22.6 Å². The molecule has 0 radical (unpaired) electrons. The van der Waals surface area contributed by atoms with Crippen LogP contribution in [0.4, 0.5) is 0 Å². The molecule has 0 saturated carbocycles. The molecule has 0 aromatic carbocycles. The molecule has 4 nitrogen and oxygen atoms in total. The van der Waals surface area contributed by atoms with Crippen molar-refractivity contribution in [2.45, 2.75) is 45.4 Å². The van der Waals surface area contributed by atoms with E-state index in [-0.39, 0.29) is 9.57 Å². The van der Waals surface area contributed by atoms with Crippen molar-refractivity contribution in [3.8, 4) is 5.75 Å². The third-order valence-corrected chi connectivity index (χ3v) is 3.42. The number of hydrogen-bond acceptors (Lipinski definition) is 4. The van der Waals surface area contributed by atoms with Crippen LogP contribution in [0.5, 0.6) is 5.75 Å².